The second kappa shape index (κ2) is 6.02. The first-order valence-electron chi connectivity index (χ1n) is 2.77. The molecule has 2 N–H and O–H groups in total. The van der Waals surface area contributed by atoms with Crippen molar-refractivity contribution in [2.45, 2.75) is 19.8 Å². The first-order chi connectivity index (χ1) is 4.27. The van der Waals surface area contributed by atoms with Crippen molar-refractivity contribution in [3.8, 4) is 0 Å². The van der Waals surface area contributed by atoms with Crippen LogP contribution in [-0.2, 0) is 4.52 Å². The lowest BCUT2D eigenvalue weighted by Crippen LogP contribution is -1.70. The van der Waals surface area contributed by atoms with E-state index in [1.54, 1.807) is 6.08 Å². The fourth-order valence-corrected chi connectivity index (χ4v) is 0.527. The molecule has 0 amide bonds. The van der Waals surface area contributed by atoms with E-state index >= 15 is 0 Å². The Morgan fingerprint density at radius 1 is 1.56 bits per heavy atom. The van der Waals surface area contributed by atoms with E-state index in [0.29, 0.717) is 0 Å². The number of rotatable bonds is 4. The molecule has 0 aliphatic carbocycles. The Kier molecular flexibility index (Phi) is 5.94. The zero-order valence-electron chi connectivity index (χ0n) is 5.32. The molecule has 3 nitrogen and oxygen atoms in total. The number of allylic oxidation sites excluding steroid dienone is 1. The number of hydrogen-bond acceptors (Lipinski definition) is 3. The highest BCUT2D eigenvalue weighted by Gasteiger charge is 1.91. The van der Waals surface area contributed by atoms with E-state index in [1.165, 1.54) is 6.26 Å². The summed E-state index contributed by atoms with van der Waals surface area (Å²) in [6.07, 6.45) is 5.01. The standard InChI is InChI=1S/C5H11O3P/c1-2-3-4-5-8-9(6)7/h4-7H,2-3H2,1H3. The predicted octanol–water partition coefficient (Wildman–Crippen LogP) is 1.53. The molecule has 0 aromatic heterocycles. The van der Waals surface area contributed by atoms with Crippen molar-refractivity contribution < 1.29 is 14.3 Å². The summed E-state index contributed by atoms with van der Waals surface area (Å²) >= 11 is 0. The van der Waals surface area contributed by atoms with Crippen LogP contribution in [0.4, 0.5) is 0 Å². The van der Waals surface area contributed by atoms with Gasteiger partial charge in [-0.2, -0.15) is 0 Å². The zero-order chi connectivity index (χ0) is 7.11. The molecular weight excluding hydrogens is 139 g/mol. The Hall–Kier alpha value is -0.110. The van der Waals surface area contributed by atoms with Crippen molar-refractivity contribution >= 4 is 8.60 Å². The molecule has 0 heterocycles. The van der Waals surface area contributed by atoms with Gasteiger partial charge in [-0.3, -0.25) is 0 Å². The van der Waals surface area contributed by atoms with Gasteiger partial charge in [-0.25, -0.2) is 0 Å². The van der Waals surface area contributed by atoms with Gasteiger partial charge < -0.3 is 14.3 Å². The molecule has 0 saturated heterocycles. The third-order valence-corrected chi connectivity index (χ3v) is 1.02. The van der Waals surface area contributed by atoms with Crippen molar-refractivity contribution in [1.29, 1.82) is 0 Å². The van der Waals surface area contributed by atoms with E-state index < -0.39 is 8.60 Å². The van der Waals surface area contributed by atoms with Gasteiger partial charge in [-0.05, 0) is 12.5 Å². The monoisotopic (exact) mass is 150 g/mol. The highest BCUT2D eigenvalue weighted by Crippen LogP contribution is 2.24. The van der Waals surface area contributed by atoms with Crippen LogP contribution in [0.3, 0.4) is 0 Å². The highest BCUT2D eigenvalue weighted by molar-refractivity contribution is 7.39. The van der Waals surface area contributed by atoms with Gasteiger partial charge in [0.2, 0.25) is 0 Å². The molecule has 0 bridgehead atoms. The third-order valence-electron chi connectivity index (χ3n) is 0.707. The van der Waals surface area contributed by atoms with Gasteiger partial charge in [0, 0.05) is 0 Å². The van der Waals surface area contributed by atoms with Crippen LogP contribution < -0.4 is 0 Å². The fraction of sp³-hybridized carbons (Fsp3) is 0.600. The zero-order valence-corrected chi connectivity index (χ0v) is 6.21. The van der Waals surface area contributed by atoms with Gasteiger partial charge in [0.15, 0.2) is 0 Å². The van der Waals surface area contributed by atoms with E-state index in [0.717, 1.165) is 12.8 Å². The summed E-state index contributed by atoms with van der Waals surface area (Å²) in [6.45, 7) is 2.03. The maximum Gasteiger partial charge on any atom is 0.390 e. The van der Waals surface area contributed by atoms with Crippen LogP contribution in [0.15, 0.2) is 12.3 Å². The van der Waals surface area contributed by atoms with Crippen LogP contribution in [0.1, 0.15) is 19.8 Å². The lowest BCUT2D eigenvalue weighted by Gasteiger charge is -1.96. The van der Waals surface area contributed by atoms with Crippen LogP contribution in [0, 0.1) is 0 Å². The topological polar surface area (TPSA) is 49.7 Å². The molecule has 0 aliphatic heterocycles. The predicted molar refractivity (Wildman–Crippen MR) is 36.5 cm³/mol. The summed E-state index contributed by atoms with van der Waals surface area (Å²) in [7, 11) is -2.20. The number of hydrogen-bond donors (Lipinski definition) is 2. The highest BCUT2D eigenvalue weighted by atomic mass is 31.2. The Labute approximate surface area is 56.0 Å². The molecule has 0 aromatic rings. The van der Waals surface area contributed by atoms with Crippen molar-refractivity contribution in [2.75, 3.05) is 0 Å². The van der Waals surface area contributed by atoms with Crippen LogP contribution >= 0.6 is 8.60 Å². The van der Waals surface area contributed by atoms with Crippen molar-refractivity contribution in [3.63, 3.8) is 0 Å². The minimum atomic E-state index is -2.20. The second-order valence-corrected chi connectivity index (χ2v) is 2.23. The van der Waals surface area contributed by atoms with Gasteiger partial charge in [0.25, 0.3) is 0 Å². The molecule has 0 aromatic carbocycles. The summed E-state index contributed by atoms with van der Waals surface area (Å²) in [5, 5.41) is 0. The smallest absolute Gasteiger partial charge is 0.390 e. The van der Waals surface area contributed by atoms with Gasteiger partial charge in [-0.15, -0.1) is 0 Å². The molecule has 0 fully saturated rings. The van der Waals surface area contributed by atoms with Gasteiger partial charge >= 0.3 is 8.60 Å². The second-order valence-electron chi connectivity index (χ2n) is 1.52. The first-order valence-corrected chi connectivity index (χ1v) is 3.93. The van der Waals surface area contributed by atoms with Crippen molar-refractivity contribution in [3.05, 3.63) is 12.3 Å². The van der Waals surface area contributed by atoms with Crippen molar-refractivity contribution in [1.82, 2.24) is 0 Å². The summed E-state index contributed by atoms with van der Waals surface area (Å²) in [5.41, 5.74) is 0. The first kappa shape index (κ1) is 8.89. The maximum absolute atomic E-state index is 8.20. The molecule has 54 valence electrons. The summed E-state index contributed by atoms with van der Waals surface area (Å²) in [4.78, 5) is 16.4. The normalized spacial score (nSPS) is 11.1. The summed E-state index contributed by atoms with van der Waals surface area (Å²) < 4.78 is 4.34. The molecular formula is C5H11O3P. The Balaban J connectivity index is 3.04. The minimum Gasteiger partial charge on any atom is -0.435 e. The molecule has 0 atom stereocenters. The average molecular weight is 150 g/mol. The molecule has 0 unspecified atom stereocenters. The molecule has 0 radical (unpaired) electrons. The third kappa shape index (κ3) is 7.89. The summed E-state index contributed by atoms with van der Waals surface area (Å²) in [6, 6.07) is 0. The SMILES string of the molecule is CCCC=COP(O)O. The fourth-order valence-electron chi connectivity index (χ4n) is 0.332. The van der Waals surface area contributed by atoms with E-state index in [-0.39, 0.29) is 0 Å². The Bertz CT molecular complexity index is 82.3. The quantitative estimate of drug-likeness (QED) is 0.472. The molecule has 4 heteroatoms. The minimum absolute atomic E-state index is 0.906. The van der Waals surface area contributed by atoms with Crippen LogP contribution in [-0.4, -0.2) is 9.79 Å². The van der Waals surface area contributed by atoms with E-state index in [9.17, 15) is 0 Å². The lowest BCUT2D eigenvalue weighted by atomic mass is 10.3. The lowest BCUT2D eigenvalue weighted by molar-refractivity contribution is 0.342. The Morgan fingerprint density at radius 3 is 2.67 bits per heavy atom. The molecule has 9 heavy (non-hydrogen) atoms. The van der Waals surface area contributed by atoms with Crippen LogP contribution in [0.2, 0.25) is 0 Å². The van der Waals surface area contributed by atoms with Crippen molar-refractivity contribution in [2.24, 2.45) is 0 Å². The largest absolute Gasteiger partial charge is 0.435 e. The summed E-state index contributed by atoms with van der Waals surface area (Å²) in [5.74, 6) is 0. The molecule has 0 saturated carbocycles. The molecule has 0 spiro atoms. The van der Waals surface area contributed by atoms with Gasteiger partial charge in [-0.1, -0.05) is 13.3 Å². The molecule has 0 rings (SSSR count). The van der Waals surface area contributed by atoms with E-state index in [4.69, 9.17) is 9.79 Å². The van der Waals surface area contributed by atoms with Crippen LogP contribution in [0.25, 0.3) is 0 Å². The Morgan fingerprint density at radius 2 is 2.22 bits per heavy atom. The van der Waals surface area contributed by atoms with Gasteiger partial charge in [0.05, 0.1) is 6.26 Å². The van der Waals surface area contributed by atoms with Gasteiger partial charge in [0.1, 0.15) is 0 Å². The van der Waals surface area contributed by atoms with E-state index in [2.05, 4.69) is 4.52 Å². The number of unbranched alkanes of at least 4 members (excludes halogenated alkanes) is 1. The van der Waals surface area contributed by atoms with Crippen LogP contribution in [0.5, 0.6) is 0 Å². The average Bonchev–Trinajstić information content (AvgIpc) is 1.80. The maximum atomic E-state index is 8.20. The van der Waals surface area contributed by atoms with E-state index in [1.807, 2.05) is 6.92 Å². The molecule has 0 aliphatic rings.